The molecule has 5 N–H and O–H groups in total. The van der Waals surface area contributed by atoms with Crippen molar-refractivity contribution >= 4 is 7.82 Å². The van der Waals surface area contributed by atoms with E-state index in [0.29, 0.717) is 13.0 Å². The van der Waals surface area contributed by atoms with Crippen LogP contribution in [-0.2, 0) is 16.9 Å². The van der Waals surface area contributed by atoms with E-state index < -0.39 is 43.6 Å². The van der Waals surface area contributed by atoms with Gasteiger partial charge in [0.15, 0.2) is 0 Å². The van der Waals surface area contributed by atoms with E-state index >= 15 is 0 Å². The summed E-state index contributed by atoms with van der Waals surface area (Å²) in [5.41, 5.74) is -2.13. The topological polar surface area (TPSA) is 123 Å². The number of rotatable bonds is 3. The van der Waals surface area contributed by atoms with Gasteiger partial charge in [-0.25, -0.2) is 9.55 Å². The predicted octanol–water partition coefficient (Wildman–Crippen LogP) is 4.03. The Bertz CT molecular complexity index is 964. The highest BCUT2D eigenvalue weighted by molar-refractivity contribution is 7.45. The third kappa shape index (κ3) is 8.69. The molecule has 1 aliphatic rings. The Morgan fingerprint density at radius 2 is 1.55 bits per heavy atom. The first kappa shape index (κ1) is 27.2. The summed E-state index contributed by atoms with van der Waals surface area (Å²) in [6.45, 7) is 0.657. The Labute approximate surface area is 184 Å². The SMILES string of the molecule is O=P(O)(O)O.O[C@H](c1cc(-c2ccc(C(F)(F)F)cc2)nc(C(F)(F)F)c1)[C@H]1CCCCN1. The molecule has 1 aromatic carbocycles. The third-order valence-corrected chi connectivity index (χ3v) is 4.72. The second-order valence-electron chi connectivity index (χ2n) is 7.26. The van der Waals surface area contributed by atoms with Crippen molar-refractivity contribution in [2.75, 3.05) is 6.54 Å². The van der Waals surface area contributed by atoms with Crippen LogP contribution in [0.15, 0.2) is 36.4 Å². The first-order chi connectivity index (χ1) is 15.1. The molecular formula is C19H21F6N2O5P. The van der Waals surface area contributed by atoms with Crippen molar-refractivity contribution in [2.45, 2.75) is 43.8 Å². The predicted molar refractivity (Wildman–Crippen MR) is 105 cm³/mol. The summed E-state index contributed by atoms with van der Waals surface area (Å²) in [7, 11) is -4.64. The zero-order valence-electron chi connectivity index (χ0n) is 16.8. The lowest BCUT2D eigenvalue weighted by molar-refractivity contribution is -0.141. The molecule has 1 fully saturated rings. The van der Waals surface area contributed by atoms with Crippen molar-refractivity contribution in [1.82, 2.24) is 10.3 Å². The van der Waals surface area contributed by atoms with E-state index in [2.05, 4.69) is 10.3 Å². The normalized spacial score (nSPS) is 18.3. The summed E-state index contributed by atoms with van der Waals surface area (Å²) in [6.07, 6.45) is -8.11. The van der Waals surface area contributed by atoms with Crippen LogP contribution in [0.4, 0.5) is 26.3 Å². The summed E-state index contributed by atoms with van der Waals surface area (Å²) in [4.78, 5) is 25.1. The van der Waals surface area contributed by atoms with Crippen LogP contribution < -0.4 is 5.32 Å². The average molecular weight is 502 g/mol. The average Bonchev–Trinajstić information content (AvgIpc) is 2.71. The maximum absolute atomic E-state index is 13.3. The number of aliphatic hydroxyl groups excluding tert-OH is 1. The van der Waals surface area contributed by atoms with Gasteiger partial charge in [0.25, 0.3) is 0 Å². The summed E-state index contributed by atoms with van der Waals surface area (Å²) >= 11 is 0. The van der Waals surface area contributed by atoms with Gasteiger partial charge in [-0.2, -0.15) is 26.3 Å². The molecule has 33 heavy (non-hydrogen) atoms. The van der Waals surface area contributed by atoms with E-state index in [1.807, 2.05) is 0 Å². The fourth-order valence-corrected chi connectivity index (χ4v) is 3.23. The second-order valence-corrected chi connectivity index (χ2v) is 8.28. The van der Waals surface area contributed by atoms with Gasteiger partial charge in [0, 0.05) is 11.6 Å². The maximum atomic E-state index is 13.3. The van der Waals surface area contributed by atoms with Gasteiger partial charge >= 0.3 is 20.2 Å². The van der Waals surface area contributed by atoms with E-state index in [1.54, 1.807) is 0 Å². The highest BCUT2D eigenvalue weighted by atomic mass is 31.2. The smallest absolute Gasteiger partial charge is 0.387 e. The Kier molecular flexibility index (Phi) is 8.66. The second kappa shape index (κ2) is 10.5. The highest BCUT2D eigenvalue weighted by Gasteiger charge is 2.35. The molecule has 0 spiro atoms. The minimum Gasteiger partial charge on any atom is -0.387 e. The van der Waals surface area contributed by atoms with E-state index in [1.165, 1.54) is 6.07 Å². The number of aliphatic hydroxyl groups is 1. The molecule has 0 unspecified atom stereocenters. The van der Waals surface area contributed by atoms with Crippen LogP contribution in [-0.4, -0.2) is 37.4 Å². The third-order valence-electron chi connectivity index (χ3n) is 4.72. The molecule has 0 radical (unpaired) electrons. The molecule has 0 bridgehead atoms. The molecule has 1 saturated heterocycles. The molecule has 7 nitrogen and oxygen atoms in total. The lowest BCUT2D eigenvalue weighted by Gasteiger charge is -2.28. The van der Waals surface area contributed by atoms with Crippen LogP contribution >= 0.6 is 7.82 Å². The van der Waals surface area contributed by atoms with Gasteiger partial charge in [0.05, 0.1) is 17.4 Å². The molecule has 2 heterocycles. The number of alkyl halides is 6. The molecule has 0 aliphatic carbocycles. The number of benzene rings is 1. The lowest BCUT2D eigenvalue weighted by Crippen LogP contribution is -2.38. The van der Waals surface area contributed by atoms with Crippen molar-refractivity contribution in [2.24, 2.45) is 0 Å². The standard InChI is InChI=1S/C19H18F6N2O.H3O4P/c20-18(21,22)13-6-4-11(5-7-13)15-9-12(10-16(27-15)19(23,24)25)17(28)14-3-1-2-8-26-14;1-5(2,3)4/h4-7,9-10,14,17,26,28H,1-3,8H2;(H3,1,2,3,4)/t14-,17-;/m1./s1. The van der Waals surface area contributed by atoms with E-state index in [9.17, 15) is 31.4 Å². The largest absolute Gasteiger partial charge is 0.466 e. The van der Waals surface area contributed by atoms with Crippen molar-refractivity contribution < 1.29 is 50.7 Å². The van der Waals surface area contributed by atoms with Gasteiger partial charge in [-0.05, 0) is 49.2 Å². The molecule has 184 valence electrons. The number of pyridine rings is 1. The van der Waals surface area contributed by atoms with E-state index in [4.69, 9.17) is 19.2 Å². The summed E-state index contributed by atoms with van der Waals surface area (Å²) in [5.74, 6) is 0. The molecule has 2 atom stereocenters. The van der Waals surface area contributed by atoms with Crippen molar-refractivity contribution in [3.63, 3.8) is 0 Å². The lowest BCUT2D eigenvalue weighted by atomic mass is 9.93. The Balaban J connectivity index is 0.000000696. The van der Waals surface area contributed by atoms with Gasteiger partial charge in [-0.3, -0.25) is 0 Å². The first-order valence-electron chi connectivity index (χ1n) is 9.52. The molecule has 3 rings (SSSR count). The molecule has 2 aromatic rings. The number of aromatic nitrogens is 1. The number of nitrogens with one attached hydrogen (secondary N) is 1. The fourth-order valence-electron chi connectivity index (χ4n) is 3.23. The number of hydrogen-bond acceptors (Lipinski definition) is 4. The van der Waals surface area contributed by atoms with Crippen LogP contribution in [0.3, 0.4) is 0 Å². The number of piperidine rings is 1. The van der Waals surface area contributed by atoms with Gasteiger partial charge in [-0.15, -0.1) is 0 Å². The van der Waals surface area contributed by atoms with Crippen LogP contribution in [0.2, 0.25) is 0 Å². The van der Waals surface area contributed by atoms with E-state index in [0.717, 1.165) is 43.2 Å². The van der Waals surface area contributed by atoms with Crippen molar-refractivity contribution in [1.29, 1.82) is 0 Å². The molecule has 0 amide bonds. The summed E-state index contributed by atoms with van der Waals surface area (Å²) < 4.78 is 86.9. The number of phosphoric acid groups is 1. The molecule has 14 heteroatoms. The van der Waals surface area contributed by atoms with Crippen LogP contribution in [0.5, 0.6) is 0 Å². The monoisotopic (exact) mass is 502 g/mol. The van der Waals surface area contributed by atoms with Crippen molar-refractivity contribution in [3.05, 3.63) is 53.2 Å². The van der Waals surface area contributed by atoms with Gasteiger partial charge in [0.1, 0.15) is 5.69 Å². The fraction of sp³-hybridized carbons (Fsp3) is 0.421. The minimum absolute atomic E-state index is 0.0247. The Morgan fingerprint density at radius 1 is 0.970 bits per heavy atom. The van der Waals surface area contributed by atoms with Crippen LogP contribution in [0, 0.1) is 0 Å². The van der Waals surface area contributed by atoms with Gasteiger partial charge in [0.2, 0.25) is 0 Å². The van der Waals surface area contributed by atoms with Crippen LogP contribution in [0.25, 0.3) is 11.3 Å². The maximum Gasteiger partial charge on any atom is 0.466 e. The molecular weight excluding hydrogens is 481 g/mol. The van der Waals surface area contributed by atoms with E-state index in [-0.39, 0.29) is 16.8 Å². The molecule has 1 aromatic heterocycles. The number of hydrogen-bond donors (Lipinski definition) is 5. The zero-order valence-corrected chi connectivity index (χ0v) is 17.7. The molecule has 1 aliphatic heterocycles. The van der Waals surface area contributed by atoms with Crippen molar-refractivity contribution in [3.8, 4) is 11.3 Å². The Morgan fingerprint density at radius 3 is 2.00 bits per heavy atom. The molecule has 0 saturated carbocycles. The summed E-state index contributed by atoms with van der Waals surface area (Å²) in [6, 6.07) is 5.40. The van der Waals surface area contributed by atoms with Gasteiger partial charge in [-0.1, -0.05) is 18.6 Å². The minimum atomic E-state index is -4.75. The highest BCUT2D eigenvalue weighted by Crippen LogP contribution is 2.35. The summed E-state index contributed by atoms with van der Waals surface area (Å²) in [5, 5.41) is 13.6. The number of halogens is 6. The number of nitrogens with zero attached hydrogens (tertiary/aromatic N) is 1. The Hall–Kier alpha value is -2.02. The van der Waals surface area contributed by atoms with Crippen LogP contribution in [0.1, 0.15) is 42.2 Å². The quantitative estimate of drug-likeness (QED) is 0.317. The zero-order chi connectivity index (χ0) is 25.0. The first-order valence-corrected chi connectivity index (χ1v) is 11.1. The van der Waals surface area contributed by atoms with Gasteiger partial charge < -0.3 is 25.1 Å².